The van der Waals surface area contributed by atoms with E-state index >= 15 is 0 Å². The van der Waals surface area contributed by atoms with Crippen LogP contribution in [0.1, 0.15) is 5.56 Å². The molecular formula is C14H18N2O2. The van der Waals surface area contributed by atoms with Crippen LogP contribution in [-0.4, -0.2) is 42.2 Å². The number of carbonyl (C=O) groups is 1. The Balaban J connectivity index is 2.47. The molecule has 0 saturated carbocycles. The summed E-state index contributed by atoms with van der Waals surface area (Å²) in [5, 5.41) is 12.9. The van der Waals surface area contributed by atoms with Gasteiger partial charge >= 0.3 is 5.97 Å². The summed E-state index contributed by atoms with van der Waals surface area (Å²) < 4.78 is 0. The zero-order chi connectivity index (χ0) is 13.0. The molecule has 2 rings (SSSR count). The summed E-state index contributed by atoms with van der Waals surface area (Å²) in [7, 11) is 0. The Morgan fingerprint density at radius 2 is 2.22 bits per heavy atom. The topological polar surface area (TPSA) is 52.6 Å². The average Bonchev–Trinajstić information content (AvgIpc) is 2.40. The van der Waals surface area contributed by atoms with E-state index in [0.717, 1.165) is 12.1 Å². The summed E-state index contributed by atoms with van der Waals surface area (Å²) in [6.45, 7) is 6.21. The Labute approximate surface area is 107 Å². The molecule has 4 nitrogen and oxygen atoms in total. The molecule has 1 unspecified atom stereocenters. The lowest BCUT2D eigenvalue weighted by Gasteiger charge is -2.44. The molecule has 1 aliphatic rings. The van der Waals surface area contributed by atoms with Crippen molar-refractivity contribution in [1.29, 1.82) is 0 Å². The molecule has 1 atom stereocenters. The van der Waals surface area contributed by atoms with Crippen LogP contribution in [0.15, 0.2) is 43.0 Å². The molecule has 0 bridgehead atoms. The fourth-order valence-corrected chi connectivity index (χ4v) is 2.52. The fraction of sp³-hybridized carbons (Fsp3) is 0.357. The molecular weight excluding hydrogens is 228 g/mol. The lowest BCUT2D eigenvalue weighted by molar-refractivity contribution is -0.153. The largest absolute Gasteiger partial charge is 0.480 e. The third kappa shape index (κ3) is 2.05. The van der Waals surface area contributed by atoms with Crippen molar-refractivity contribution in [1.82, 2.24) is 10.2 Å². The molecule has 18 heavy (non-hydrogen) atoms. The summed E-state index contributed by atoms with van der Waals surface area (Å²) in [4.78, 5) is 13.8. The molecule has 1 heterocycles. The van der Waals surface area contributed by atoms with Crippen LogP contribution < -0.4 is 5.32 Å². The molecule has 96 valence electrons. The minimum Gasteiger partial charge on any atom is -0.480 e. The van der Waals surface area contributed by atoms with Crippen molar-refractivity contribution in [2.24, 2.45) is 0 Å². The van der Waals surface area contributed by atoms with Crippen LogP contribution in [0, 0.1) is 0 Å². The van der Waals surface area contributed by atoms with Gasteiger partial charge < -0.3 is 10.4 Å². The number of benzene rings is 1. The van der Waals surface area contributed by atoms with Gasteiger partial charge in [0.1, 0.15) is 0 Å². The van der Waals surface area contributed by atoms with Gasteiger partial charge in [0.25, 0.3) is 0 Å². The van der Waals surface area contributed by atoms with Crippen LogP contribution in [0.3, 0.4) is 0 Å². The molecule has 0 aliphatic carbocycles. The summed E-state index contributed by atoms with van der Waals surface area (Å²) >= 11 is 0. The van der Waals surface area contributed by atoms with Crippen molar-refractivity contribution < 1.29 is 9.90 Å². The number of hydrogen-bond acceptors (Lipinski definition) is 3. The zero-order valence-corrected chi connectivity index (χ0v) is 10.3. The first-order valence-electron chi connectivity index (χ1n) is 6.07. The second-order valence-corrected chi connectivity index (χ2v) is 4.44. The minimum atomic E-state index is -0.992. The van der Waals surface area contributed by atoms with Crippen molar-refractivity contribution in [2.45, 2.75) is 5.54 Å². The van der Waals surface area contributed by atoms with Crippen LogP contribution in [0.4, 0.5) is 0 Å². The van der Waals surface area contributed by atoms with E-state index in [2.05, 4.69) is 11.9 Å². The van der Waals surface area contributed by atoms with Crippen LogP contribution in [0.2, 0.25) is 0 Å². The Kier molecular flexibility index (Phi) is 3.79. The number of carboxylic acid groups (broad SMARTS) is 1. The van der Waals surface area contributed by atoms with Gasteiger partial charge in [-0.15, -0.1) is 6.58 Å². The van der Waals surface area contributed by atoms with E-state index in [1.165, 1.54) is 0 Å². The normalized spacial score (nSPS) is 24.7. The predicted octanol–water partition coefficient (Wildman–Crippen LogP) is 1.06. The van der Waals surface area contributed by atoms with Crippen LogP contribution in [0.5, 0.6) is 0 Å². The highest BCUT2D eigenvalue weighted by atomic mass is 16.4. The van der Waals surface area contributed by atoms with E-state index in [0.29, 0.717) is 19.6 Å². The maximum absolute atomic E-state index is 11.8. The number of hydrogen-bond donors (Lipinski definition) is 2. The molecule has 1 aromatic carbocycles. The SMILES string of the molecule is C=CCN1CCNCC1(C(=O)O)c1ccccc1. The van der Waals surface area contributed by atoms with Gasteiger partial charge in [0.2, 0.25) is 0 Å². The smallest absolute Gasteiger partial charge is 0.330 e. The summed E-state index contributed by atoms with van der Waals surface area (Å²) in [5.41, 5.74) is -0.181. The molecule has 1 saturated heterocycles. The maximum Gasteiger partial charge on any atom is 0.330 e. The molecule has 0 spiro atoms. The maximum atomic E-state index is 11.8. The van der Waals surface area contributed by atoms with Crippen molar-refractivity contribution in [3.8, 4) is 0 Å². The highest BCUT2D eigenvalue weighted by Gasteiger charge is 2.46. The molecule has 4 heteroatoms. The molecule has 1 aromatic rings. The summed E-state index contributed by atoms with van der Waals surface area (Å²) in [5.74, 6) is -0.817. The van der Waals surface area contributed by atoms with E-state index in [4.69, 9.17) is 0 Å². The number of aliphatic carboxylic acids is 1. The van der Waals surface area contributed by atoms with Gasteiger partial charge in [-0.2, -0.15) is 0 Å². The van der Waals surface area contributed by atoms with Gasteiger partial charge in [-0.3, -0.25) is 4.90 Å². The molecule has 0 radical (unpaired) electrons. The first kappa shape index (κ1) is 12.8. The van der Waals surface area contributed by atoms with Gasteiger partial charge in [0, 0.05) is 26.2 Å². The van der Waals surface area contributed by atoms with E-state index in [9.17, 15) is 9.90 Å². The Hall–Kier alpha value is -1.65. The quantitative estimate of drug-likeness (QED) is 0.780. The molecule has 0 amide bonds. The van der Waals surface area contributed by atoms with Crippen LogP contribution in [0.25, 0.3) is 0 Å². The Bertz CT molecular complexity index is 433. The number of piperazine rings is 1. The van der Waals surface area contributed by atoms with Gasteiger partial charge in [-0.25, -0.2) is 4.79 Å². The van der Waals surface area contributed by atoms with Crippen molar-refractivity contribution in [2.75, 3.05) is 26.2 Å². The van der Waals surface area contributed by atoms with Crippen LogP contribution in [-0.2, 0) is 10.3 Å². The zero-order valence-electron chi connectivity index (χ0n) is 10.3. The highest BCUT2D eigenvalue weighted by molar-refractivity contribution is 5.81. The number of nitrogens with one attached hydrogen (secondary N) is 1. The van der Waals surface area contributed by atoms with Gasteiger partial charge in [0.05, 0.1) is 0 Å². The lowest BCUT2D eigenvalue weighted by Crippen LogP contribution is -2.63. The van der Waals surface area contributed by atoms with E-state index in [-0.39, 0.29) is 0 Å². The number of carboxylic acids is 1. The first-order chi connectivity index (χ1) is 8.71. The lowest BCUT2D eigenvalue weighted by atomic mass is 9.86. The van der Waals surface area contributed by atoms with Crippen molar-refractivity contribution in [3.63, 3.8) is 0 Å². The van der Waals surface area contributed by atoms with Gasteiger partial charge in [-0.1, -0.05) is 36.4 Å². The van der Waals surface area contributed by atoms with E-state index in [1.54, 1.807) is 6.08 Å². The van der Waals surface area contributed by atoms with Crippen molar-refractivity contribution in [3.05, 3.63) is 48.6 Å². The molecule has 2 N–H and O–H groups in total. The van der Waals surface area contributed by atoms with E-state index in [1.807, 2.05) is 35.2 Å². The fourth-order valence-electron chi connectivity index (χ4n) is 2.52. The van der Waals surface area contributed by atoms with E-state index < -0.39 is 11.5 Å². The van der Waals surface area contributed by atoms with Crippen molar-refractivity contribution >= 4 is 5.97 Å². The number of rotatable bonds is 4. The standard InChI is InChI=1S/C14H18N2O2/c1-2-9-16-10-8-15-11-14(16,13(17)18)12-6-4-3-5-7-12/h2-7,15H,1,8-11H2,(H,17,18). The van der Waals surface area contributed by atoms with Gasteiger partial charge in [-0.05, 0) is 5.56 Å². The van der Waals surface area contributed by atoms with Crippen LogP contribution >= 0.6 is 0 Å². The second kappa shape index (κ2) is 5.33. The first-order valence-corrected chi connectivity index (χ1v) is 6.07. The monoisotopic (exact) mass is 246 g/mol. The molecule has 1 aliphatic heterocycles. The average molecular weight is 246 g/mol. The molecule has 0 aromatic heterocycles. The Morgan fingerprint density at radius 1 is 1.50 bits per heavy atom. The third-order valence-electron chi connectivity index (χ3n) is 3.43. The molecule has 1 fully saturated rings. The number of nitrogens with zero attached hydrogens (tertiary/aromatic N) is 1. The highest BCUT2D eigenvalue weighted by Crippen LogP contribution is 2.30. The predicted molar refractivity (Wildman–Crippen MR) is 70.4 cm³/mol. The summed E-state index contributed by atoms with van der Waals surface area (Å²) in [6.07, 6.45) is 1.76. The second-order valence-electron chi connectivity index (χ2n) is 4.44. The Morgan fingerprint density at radius 3 is 2.83 bits per heavy atom. The minimum absolute atomic E-state index is 0.417. The van der Waals surface area contributed by atoms with Gasteiger partial charge in [0.15, 0.2) is 5.54 Å². The third-order valence-corrected chi connectivity index (χ3v) is 3.43. The summed E-state index contributed by atoms with van der Waals surface area (Å²) in [6, 6.07) is 9.39.